The fourth-order valence-corrected chi connectivity index (χ4v) is 2.71. The highest BCUT2D eigenvalue weighted by Gasteiger charge is 2.16. The number of benzene rings is 1. The van der Waals surface area contributed by atoms with Crippen LogP contribution in [0.1, 0.15) is 36.6 Å². The Morgan fingerprint density at radius 2 is 2.08 bits per heavy atom. The minimum absolute atomic E-state index is 0.203. The molecule has 0 saturated heterocycles. The van der Waals surface area contributed by atoms with Gasteiger partial charge in [0.1, 0.15) is 11.6 Å². The van der Waals surface area contributed by atoms with E-state index in [9.17, 15) is 4.79 Å². The van der Waals surface area contributed by atoms with Gasteiger partial charge in [0.15, 0.2) is 0 Å². The van der Waals surface area contributed by atoms with E-state index in [-0.39, 0.29) is 12.6 Å². The van der Waals surface area contributed by atoms with E-state index >= 15 is 0 Å². The lowest BCUT2D eigenvalue weighted by Crippen LogP contribution is -2.14. The number of nitrogens with zero attached hydrogens (tertiary/aromatic N) is 2. The predicted molar refractivity (Wildman–Crippen MR) is 101 cm³/mol. The van der Waals surface area contributed by atoms with Crippen molar-refractivity contribution in [2.24, 2.45) is 0 Å². The van der Waals surface area contributed by atoms with Crippen LogP contribution in [0.5, 0.6) is 5.75 Å². The standard InChI is InChI=1S/C19H26N4O3/c1-3-4-10-21-18-15(12-14-7-5-6-8-17(14)25-2)16(9-11-26-13-24)22-19(20)23-18/h5-8,13H,3-4,9-12H2,1-2H3,(H3,20,21,22,23). The minimum Gasteiger partial charge on any atom is -0.496 e. The van der Waals surface area contributed by atoms with Crippen LogP contribution < -0.4 is 15.8 Å². The number of nitrogens with one attached hydrogen (secondary N) is 1. The molecule has 0 unspecified atom stereocenters. The molecule has 0 saturated carbocycles. The van der Waals surface area contributed by atoms with E-state index in [1.807, 2.05) is 24.3 Å². The zero-order valence-electron chi connectivity index (χ0n) is 15.3. The predicted octanol–water partition coefficient (Wildman–Crippen LogP) is 2.59. The topological polar surface area (TPSA) is 99.4 Å². The van der Waals surface area contributed by atoms with Crippen molar-refractivity contribution >= 4 is 18.2 Å². The van der Waals surface area contributed by atoms with Crippen molar-refractivity contribution in [1.29, 1.82) is 0 Å². The van der Waals surface area contributed by atoms with Crippen LogP contribution in [-0.2, 0) is 22.4 Å². The van der Waals surface area contributed by atoms with Gasteiger partial charge in [0.05, 0.1) is 19.4 Å². The normalized spacial score (nSPS) is 10.4. The van der Waals surface area contributed by atoms with Crippen LogP contribution in [-0.4, -0.2) is 36.7 Å². The fraction of sp³-hybridized carbons (Fsp3) is 0.421. The van der Waals surface area contributed by atoms with Crippen LogP contribution in [0.25, 0.3) is 0 Å². The molecule has 26 heavy (non-hydrogen) atoms. The summed E-state index contributed by atoms with van der Waals surface area (Å²) in [6, 6.07) is 7.83. The number of carbonyl (C=O) groups excluding carboxylic acids is 1. The first-order valence-electron chi connectivity index (χ1n) is 8.75. The minimum atomic E-state index is 0.203. The van der Waals surface area contributed by atoms with Crippen molar-refractivity contribution in [3.63, 3.8) is 0 Å². The second kappa shape index (κ2) is 10.2. The van der Waals surface area contributed by atoms with E-state index in [4.69, 9.17) is 15.2 Å². The van der Waals surface area contributed by atoms with E-state index < -0.39 is 0 Å². The van der Waals surface area contributed by atoms with Gasteiger partial charge in [0, 0.05) is 24.9 Å². The zero-order valence-corrected chi connectivity index (χ0v) is 15.3. The molecule has 0 fully saturated rings. The lowest BCUT2D eigenvalue weighted by Gasteiger charge is -2.17. The number of unbranched alkanes of at least 4 members (excludes halogenated alkanes) is 1. The van der Waals surface area contributed by atoms with Gasteiger partial charge in [0.2, 0.25) is 5.95 Å². The summed E-state index contributed by atoms with van der Waals surface area (Å²) < 4.78 is 10.3. The number of methoxy groups -OCH3 is 1. The molecule has 0 bridgehead atoms. The molecule has 140 valence electrons. The van der Waals surface area contributed by atoms with Crippen molar-refractivity contribution in [3.8, 4) is 5.75 Å². The van der Waals surface area contributed by atoms with Crippen LogP contribution >= 0.6 is 0 Å². The first kappa shape index (κ1) is 19.5. The highest BCUT2D eigenvalue weighted by atomic mass is 16.5. The van der Waals surface area contributed by atoms with Gasteiger partial charge in [-0.1, -0.05) is 31.5 Å². The van der Waals surface area contributed by atoms with E-state index in [1.165, 1.54) is 0 Å². The third-order valence-corrected chi connectivity index (χ3v) is 4.02. The van der Waals surface area contributed by atoms with E-state index in [0.29, 0.717) is 19.3 Å². The Bertz CT molecular complexity index is 722. The average molecular weight is 358 g/mol. The summed E-state index contributed by atoms with van der Waals surface area (Å²) in [4.78, 5) is 19.2. The number of rotatable bonds is 11. The summed E-state index contributed by atoms with van der Waals surface area (Å²) in [6.07, 6.45) is 3.17. The Kier molecular flexibility index (Phi) is 7.67. The van der Waals surface area contributed by atoms with Crippen molar-refractivity contribution in [2.75, 3.05) is 31.3 Å². The van der Waals surface area contributed by atoms with Gasteiger partial charge in [-0.25, -0.2) is 4.98 Å². The van der Waals surface area contributed by atoms with Crippen molar-refractivity contribution in [3.05, 3.63) is 41.1 Å². The molecule has 1 heterocycles. The monoisotopic (exact) mass is 358 g/mol. The Morgan fingerprint density at radius 1 is 1.27 bits per heavy atom. The maximum atomic E-state index is 10.5. The third kappa shape index (κ3) is 5.34. The molecule has 7 heteroatoms. The fourth-order valence-electron chi connectivity index (χ4n) is 2.71. The van der Waals surface area contributed by atoms with Crippen LogP contribution in [0.3, 0.4) is 0 Å². The molecule has 0 aliphatic heterocycles. The second-order valence-corrected chi connectivity index (χ2v) is 5.84. The lowest BCUT2D eigenvalue weighted by molar-refractivity contribution is -0.128. The Morgan fingerprint density at radius 3 is 2.81 bits per heavy atom. The van der Waals surface area contributed by atoms with Crippen molar-refractivity contribution in [1.82, 2.24) is 9.97 Å². The van der Waals surface area contributed by atoms with Crippen molar-refractivity contribution < 1.29 is 14.3 Å². The largest absolute Gasteiger partial charge is 0.496 e. The summed E-state index contributed by atoms with van der Waals surface area (Å²) in [7, 11) is 1.65. The lowest BCUT2D eigenvalue weighted by atomic mass is 10.0. The summed E-state index contributed by atoms with van der Waals surface area (Å²) in [5.41, 5.74) is 8.62. The summed E-state index contributed by atoms with van der Waals surface area (Å²) in [6.45, 7) is 3.61. The quantitative estimate of drug-likeness (QED) is 0.470. The summed E-state index contributed by atoms with van der Waals surface area (Å²) in [5.74, 6) is 1.73. The van der Waals surface area contributed by atoms with E-state index in [0.717, 1.165) is 47.8 Å². The van der Waals surface area contributed by atoms with Crippen LogP contribution in [0, 0.1) is 0 Å². The number of carbonyl (C=O) groups is 1. The molecule has 3 N–H and O–H groups in total. The molecule has 2 rings (SSSR count). The number of aromatic nitrogens is 2. The Hall–Kier alpha value is -2.83. The first-order chi connectivity index (χ1) is 12.7. The van der Waals surface area contributed by atoms with Crippen LogP contribution in [0.2, 0.25) is 0 Å². The molecular weight excluding hydrogens is 332 g/mol. The number of hydrogen-bond acceptors (Lipinski definition) is 7. The van der Waals surface area contributed by atoms with Gasteiger partial charge in [0.25, 0.3) is 6.47 Å². The molecule has 0 atom stereocenters. The van der Waals surface area contributed by atoms with Gasteiger partial charge in [-0.05, 0) is 18.1 Å². The van der Waals surface area contributed by atoms with Crippen LogP contribution in [0.15, 0.2) is 24.3 Å². The highest BCUT2D eigenvalue weighted by molar-refractivity contribution is 5.53. The molecule has 0 aliphatic carbocycles. The number of nitrogen functional groups attached to an aromatic ring is 1. The molecule has 2 aromatic rings. The molecule has 7 nitrogen and oxygen atoms in total. The van der Waals surface area contributed by atoms with Gasteiger partial charge in [-0.3, -0.25) is 4.79 Å². The molecule has 0 spiro atoms. The first-order valence-corrected chi connectivity index (χ1v) is 8.75. The summed E-state index contributed by atoms with van der Waals surface area (Å²) >= 11 is 0. The van der Waals surface area contributed by atoms with Crippen LogP contribution in [0.4, 0.5) is 11.8 Å². The second-order valence-electron chi connectivity index (χ2n) is 5.84. The molecule has 1 aromatic carbocycles. The molecule has 0 amide bonds. The number of hydrogen-bond donors (Lipinski definition) is 2. The maximum absolute atomic E-state index is 10.5. The highest BCUT2D eigenvalue weighted by Crippen LogP contribution is 2.27. The van der Waals surface area contributed by atoms with Gasteiger partial charge in [-0.2, -0.15) is 4.98 Å². The molecule has 0 aliphatic rings. The van der Waals surface area contributed by atoms with E-state index in [1.54, 1.807) is 7.11 Å². The Balaban J connectivity index is 2.38. The summed E-state index contributed by atoms with van der Waals surface area (Å²) in [5, 5.41) is 3.36. The third-order valence-electron chi connectivity index (χ3n) is 4.02. The van der Waals surface area contributed by atoms with Gasteiger partial charge >= 0.3 is 0 Å². The van der Waals surface area contributed by atoms with E-state index in [2.05, 4.69) is 22.2 Å². The molecule has 1 aromatic heterocycles. The van der Waals surface area contributed by atoms with Crippen molar-refractivity contribution in [2.45, 2.75) is 32.6 Å². The zero-order chi connectivity index (χ0) is 18.8. The number of para-hydroxylation sites is 1. The number of ether oxygens (including phenoxy) is 2. The molecule has 0 radical (unpaired) electrons. The van der Waals surface area contributed by atoms with Gasteiger partial charge < -0.3 is 20.5 Å². The number of anilines is 2. The average Bonchev–Trinajstić information content (AvgIpc) is 2.65. The number of nitrogens with two attached hydrogens (primary N) is 1. The molecular formula is C19H26N4O3. The smallest absolute Gasteiger partial charge is 0.293 e. The maximum Gasteiger partial charge on any atom is 0.293 e. The SMILES string of the molecule is CCCCNc1nc(N)nc(CCOC=O)c1Cc1ccccc1OC. The van der Waals surface area contributed by atoms with Gasteiger partial charge in [-0.15, -0.1) is 0 Å². The Labute approximate surface area is 153 Å².